The molecule has 174 valence electrons. The van der Waals surface area contributed by atoms with E-state index in [-0.39, 0.29) is 17.9 Å². The molecule has 0 radical (unpaired) electrons. The zero-order chi connectivity index (χ0) is 23.7. The van der Waals surface area contributed by atoms with Crippen LogP contribution in [0.25, 0.3) is 5.57 Å². The normalized spacial score (nSPS) is 17.8. The highest BCUT2D eigenvalue weighted by molar-refractivity contribution is 6.45. The number of likely N-dealkylation sites (N-methyl/N-ethyl adjacent to an activating group) is 1. The van der Waals surface area contributed by atoms with E-state index >= 15 is 0 Å². The number of nitrogens with zero attached hydrogens (tertiary/aromatic N) is 3. The lowest BCUT2D eigenvalue weighted by molar-refractivity contribution is -0.120. The van der Waals surface area contributed by atoms with Crippen LogP contribution in [0.15, 0.2) is 48.2 Å². The van der Waals surface area contributed by atoms with Crippen molar-refractivity contribution in [3.05, 3.63) is 64.9 Å². The summed E-state index contributed by atoms with van der Waals surface area (Å²) in [7, 11) is 4.07. The third-order valence-corrected chi connectivity index (χ3v) is 6.71. The van der Waals surface area contributed by atoms with Crippen molar-refractivity contribution in [1.82, 2.24) is 9.80 Å². The summed E-state index contributed by atoms with van der Waals surface area (Å²) in [5.74, 6) is -0.0534. The number of likely N-dealkylation sites (tertiary alicyclic amines) is 1. The number of aryl methyl sites for hydroxylation is 2. The number of benzene rings is 2. The van der Waals surface area contributed by atoms with Gasteiger partial charge in [-0.3, -0.25) is 9.59 Å². The quantitative estimate of drug-likeness (QED) is 0.627. The zero-order valence-corrected chi connectivity index (χ0v) is 20.2. The SMILES string of the molecule is CCOc1ccccc1N1C(=O)C(c2ccc(C)cc2C)=C(N(C)C2CCN(C)CC2)C1=O. The first-order chi connectivity index (χ1) is 15.8. The van der Waals surface area contributed by atoms with Crippen molar-refractivity contribution in [3.8, 4) is 5.75 Å². The van der Waals surface area contributed by atoms with Gasteiger partial charge in [0, 0.05) is 13.1 Å². The van der Waals surface area contributed by atoms with Crippen LogP contribution in [0.3, 0.4) is 0 Å². The number of hydrogen-bond donors (Lipinski definition) is 0. The van der Waals surface area contributed by atoms with E-state index in [4.69, 9.17) is 4.74 Å². The molecule has 4 rings (SSSR count). The van der Waals surface area contributed by atoms with Crippen LogP contribution in [-0.4, -0.2) is 61.4 Å². The fourth-order valence-corrected chi connectivity index (χ4v) is 4.89. The van der Waals surface area contributed by atoms with E-state index < -0.39 is 0 Å². The second-order valence-electron chi connectivity index (χ2n) is 9.03. The fourth-order valence-electron chi connectivity index (χ4n) is 4.89. The molecule has 2 amide bonds. The molecule has 2 heterocycles. The number of piperidine rings is 1. The molecule has 2 aliphatic heterocycles. The average molecular weight is 448 g/mol. The fraction of sp³-hybridized carbons (Fsp3) is 0.407. The first-order valence-corrected chi connectivity index (χ1v) is 11.7. The van der Waals surface area contributed by atoms with Crippen molar-refractivity contribution >= 4 is 23.1 Å². The van der Waals surface area contributed by atoms with Gasteiger partial charge in [-0.1, -0.05) is 35.9 Å². The summed E-state index contributed by atoms with van der Waals surface area (Å²) < 4.78 is 5.77. The maximum absolute atomic E-state index is 13.9. The predicted molar refractivity (Wildman–Crippen MR) is 131 cm³/mol. The monoisotopic (exact) mass is 447 g/mol. The number of anilines is 1. The van der Waals surface area contributed by atoms with Gasteiger partial charge in [-0.05, 0) is 77.0 Å². The minimum absolute atomic E-state index is 0.204. The summed E-state index contributed by atoms with van der Waals surface area (Å²) in [4.78, 5) is 33.5. The highest BCUT2D eigenvalue weighted by atomic mass is 16.5. The summed E-state index contributed by atoms with van der Waals surface area (Å²) in [5.41, 5.74) is 4.37. The molecule has 0 N–H and O–H groups in total. The summed E-state index contributed by atoms with van der Waals surface area (Å²) in [6.45, 7) is 8.32. The van der Waals surface area contributed by atoms with E-state index in [0.717, 1.165) is 42.6 Å². The third-order valence-electron chi connectivity index (χ3n) is 6.71. The second-order valence-corrected chi connectivity index (χ2v) is 9.03. The van der Waals surface area contributed by atoms with Gasteiger partial charge in [-0.25, -0.2) is 4.90 Å². The Labute approximate surface area is 196 Å². The molecule has 2 aromatic rings. The summed E-state index contributed by atoms with van der Waals surface area (Å²) in [5, 5.41) is 0. The zero-order valence-electron chi connectivity index (χ0n) is 20.2. The van der Waals surface area contributed by atoms with Gasteiger partial charge in [0.2, 0.25) is 0 Å². The number of imide groups is 1. The van der Waals surface area contributed by atoms with Gasteiger partial charge >= 0.3 is 0 Å². The maximum Gasteiger partial charge on any atom is 0.282 e. The number of hydrogen-bond acceptors (Lipinski definition) is 5. The summed E-state index contributed by atoms with van der Waals surface area (Å²) in [6, 6.07) is 13.5. The van der Waals surface area contributed by atoms with E-state index in [9.17, 15) is 9.59 Å². The van der Waals surface area contributed by atoms with Crippen LogP contribution in [0, 0.1) is 13.8 Å². The minimum Gasteiger partial charge on any atom is -0.492 e. The van der Waals surface area contributed by atoms with Crippen molar-refractivity contribution in [1.29, 1.82) is 0 Å². The summed E-state index contributed by atoms with van der Waals surface area (Å²) >= 11 is 0. The standard InChI is InChI=1S/C27H33N3O3/c1-6-33-23-10-8-7-9-22(23)30-26(31)24(21-12-11-18(2)17-19(21)3)25(27(30)32)29(5)20-13-15-28(4)16-14-20/h7-12,17,20H,6,13-16H2,1-5H3. The number of rotatable bonds is 6. The van der Waals surface area contributed by atoms with Gasteiger partial charge in [-0.2, -0.15) is 0 Å². The van der Waals surface area contributed by atoms with Crippen LogP contribution in [-0.2, 0) is 9.59 Å². The van der Waals surface area contributed by atoms with Gasteiger partial charge in [0.05, 0.1) is 17.9 Å². The Bertz CT molecular complexity index is 1100. The van der Waals surface area contributed by atoms with Gasteiger partial charge in [-0.15, -0.1) is 0 Å². The molecule has 0 unspecified atom stereocenters. The van der Waals surface area contributed by atoms with Crippen molar-refractivity contribution in [2.24, 2.45) is 0 Å². The topological polar surface area (TPSA) is 53.1 Å². The van der Waals surface area contributed by atoms with E-state index in [1.54, 1.807) is 12.1 Å². The Hall–Kier alpha value is -3.12. The molecular weight excluding hydrogens is 414 g/mol. The first kappa shape index (κ1) is 23.1. The predicted octanol–water partition coefficient (Wildman–Crippen LogP) is 4.01. The van der Waals surface area contributed by atoms with Crippen LogP contribution in [0.1, 0.15) is 36.5 Å². The highest BCUT2D eigenvalue weighted by Gasteiger charge is 2.44. The third kappa shape index (κ3) is 4.27. The van der Waals surface area contributed by atoms with Gasteiger partial charge in [0.1, 0.15) is 11.4 Å². The van der Waals surface area contributed by atoms with Crippen LogP contribution in [0.5, 0.6) is 5.75 Å². The maximum atomic E-state index is 13.9. The van der Waals surface area contributed by atoms with E-state index in [1.165, 1.54) is 4.90 Å². The van der Waals surface area contributed by atoms with Crippen molar-refractivity contribution in [2.75, 3.05) is 38.7 Å². The smallest absolute Gasteiger partial charge is 0.282 e. The minimum atomic E-state index is -0.297. The van der Waals surface area contributed by atoms with E-state index in [2.05, 4.69) is 18.0 Å². The average Bonchev–Trinajstić information content (AvgIpc) is 3.04. The number of para-hydroxylation sites is 2. The van der Waals surface area contributed by atoms with Crippen molar-refractivity contribution in [2.45, 2.75) is 39.7 Å². The Morgan fingerprint density at radius 2 is 1.73 bits per heavy atom. The molecule has 0 aromatic heterocycles. The van der Waals surface area contributed by atoms with E-state index in [1.807, 2.05) is 57.0 Å². The number of ether oxygens (including phenoxy) is 1. The van der Waals surface area contributed by atoms with Crippen LogP contribution < -0.4 is 9.64 Å². The Balaban J connectivity index is 1.83. The van der Waals surface area contributed by atoms with Crippen molar-refractivity contribution < 1.29 is 14.3 Å². The molecule has 6 heteroatoms. The number of amides is 2. The molecule has 1 saturated heterocycles. The lowest BCUT2D eigenvalue weighted by Gasteiger charge is -2.36. The Morgan fingerprint density at radius 3 is 2.39 bits per heavy atom. The summed E-state index contributed by atoms with van der Waals surface area (Å²) in [6.07, 6.45) is 1.90. The van der Waals surface area contributed by atoms with Crippen molar-refractivity contribution in [3.63, 3.8) is 0 Å². The second kappa shape index (κ2) is 9.40. The molecule has 0 aliphatic carbocycles. The highest BCUT2D eigenvalue weighted by Crippen LogP contribution is 2.40. The lowest BCUT2D eigenvalue weighted by Crippen LogP contribution is -2.43. The van der Waals surface area contributed by atoms with Gasteiger partial charge in [0.15, 0.2) is 0 Å². The molecule has 0 atom stereocenters. The molecule has 2 aliphatic rings. The largest absolute Gasteiger partial charge is 0.492 e. The molecule has 1 fully saturated rings. The number of carbonyl (C=O) groups excluding carboxylic acids is 2. The van der Waals surface area contributed by atoms with Crippen LogP contribution >= 0.6 is 0 Å². The lowest BCUT2D eigenvalue weighted by atomic mass is 9.96. The molecule has 0 bridgehead atoms. The molecule has 0 spiro atoms. The van der Waals surface area contributed by atoms with E-state index in [0.29, 0.717) is 29.3 Å². The molecular formula is C27H33N3O3. The molecule has 33 heavy (non-hydrogen) atoms. The van der Waals surface area contributed by atoms with Crippen LogP contribution in [0.4, 0.5) is 5.69 Å². The molecule has 0 saturated carbocycles. The Morgan fingerprint density at radius 1 is 1.03 bits per heavy atom. The molecule has 6 nitrogen and oxygen atoms in total. The van der Waals surface area contributed by atoms with Gasteiger partial charge < -0.3 is 14.5 Å². The van der Waals surface area contributed by atoms with Gasteiger partial charge in [0.25, 0.3) is 11.8 Å². The first-order valence-electron chi connectivity index (χ1n) is 11.7. The Kier molecular flexibility index (Phi) is 6.56. The number of carbonyl (C=O) groups is 2. The van der Waals surface area contributed by atoms with Crippen LogP contribution in [0.2, 0.25) is 0 Å². The molecule has 2 aromatic carbocycles.